The first kappa shape index (κ1) is 13.8. The van der Waals surface area contributed by atoms with Gasteiger partial charge in [0.15, 0.2) is 0 Å². The maximum Gasteiger partial charge on any atom is 0.239 e. The highest BCUT2D eigenvalue weighted by Crippen LogP contribution is 2.09. The van der Waals surface area contributed by atoms with E-state index in [1.807, 2.05) is 11.8 Å². The molecule has 1 N–H and O–H groups in total. The highest BCUT2D eigenvalue weighted by atomic mass is 16.2. The molecular weight excluding hydrogens is 226 g/mol. The minimum Gasteiger partial charge on any atom is -0.341 e. The van der Waals surface area contributed by atoms with Crippen molar-refractivity contribution in [2.75, 3.05) is 39.3 Å². The van der Waals surface area contributed by atoms with Gasteiger partial charge in [-0.2, -0.15) is 0 Å². The van der Waals surface area contributed by atoms with Gasteiger partial charge in [-0.3, -0.25) is 4.79 Å². The third-order valence-corrected chi connectivity index (χ3v) is 4.12. The number of carbonyl (C=O) groups is 1. The van der Waals surface area contributed by atoms with E-state index < -0.39 is 0 Å². The van der Waals surface area contributed by atoms with Gasteiger partial charge in [0.1, 0.15) is 0 Å². The van der Waals surface area contributed by atoms with Crippen molar-refractivity contribution in [3.05, 3.63) is 0 Å². The summed E-state index contributed by atoms with van der Waals surface area (Å²) in [7, 11) is 0. The largest absolute Gasteiger partial charge is 0.341 e. The summed E-state index contributed by atoms with van der Waals surface area (Å²) in [4.78, 5) is 16.6. The molecule has 0 aromatic heterocycles. The molecule has 2 rings (SSSR count). The van der Waals surface area contributed by atoms with Crippen LogP contribution in [-0.2, 0) is 4.79 Å². The van der Waals surface area contributed by atoms with Gasteiger partial charge in [-0.1, -0.05) is 6.42 Å². The summed E-state index contributed by atoms with van der Waals surface area (Å²) in [5, 5.41) is 3.37. The summed E-state index contributed by atoms with van der Waals surface area (Å²) in [5.41, 5.74) is 0. The quantitative estimate of drug-likeness (QED) is 0.796. The number of nitrogens with one attached hydrogen (secondary N) is 1. The molecule has 0 aromatic carbocycles. The fourth-order valence-corrected chi connectivity index (χ4v) is 2.92. The second-order valence-electron chi connectivity index (χ2n) is 5.61. The molecule has 2 aliphatic heterocycles. The zero-order valence-electron chi connectivity index (χ0n) is 11.7. The fraction of sp³-hybridized carbons (Fsp3) is 0.929. The molecule has 0 aliphatic carbocycles. The van der Waals surface area contributed by atoms with Crippen molar-refractivity contribution in [2.24, 2.45) is 0 Å². The molecule has 0 bridgehead atoms. The Kier molecular flexibility index (Phi) is 5.45. The van der Waals surface area contributed by atoms with Gasteiger partial charge >= 0.3 is 0 Å². The average Bonchev–Trinajstić information content (AvgIpc) is 2.93. The van der Waals surface area contributed by atoms with Crippen LogP contribution in [0.5, 0.6) is 0 Å². The van der Waals surface area contributed by atoms with Crippen molar-refractivity contribution in [3.8, 4) is 0 Å². The van der Waals surface area contributed by atoms with E-state index in [-0.39, 0.29) is 11.9 Å². The smallest absolute Gasteiger partial charge is 0.239 e. The Hall–Kier alpha value is -0.610. The van der Waals surface area contributed by atoms with Crippen molar-refractivity contribution in [3.63, 3.8) is 0 Å². The van der Waals surface area contributed by atoms with E-state index in [1.54, 1.807) is 0 Å². The Balaban J connectivity index is 1.61. The van der Waals surface area contributed by atoms with E-state index >= 15 is 0 Å². The molecule has 1 amide bonds. The normalized spacial score (nSPS) is 23.3. The zero-order valence-corrected chi connectivity index (χ0v) is 11.7. The molecule has 2 aliphatic rings. The van der Waals surface area contributed by atoms with Gasteiger partial charge in [-0.25, -0.2) is 0 Å². The van der Waals surface area contributed by atoms with E-state index in [4.69, 9.17) is 0 Å². The molecule has 0 radical (unpaired) electrons. The molecule has 1 unspecified atom stereocenters. The summed E-state index contributed by atoms with van der Waals surface area (Å²) in [6.07, 6.45) is 6.40. The Labute approximate surface area is 111 Å². The number of amides is 1. The highest BCUT2D eigenvalue weighted by Gasteiger charge is 2.22. The third-order valence-electron chi connectivity index (χ3n) is 4.12. The zero-order chi connectivity index (χ0) is 12.8. The van der Waals surface area contributed by atoms with E-state index in [1.165, 1.54) is 45.2 Å². The molecule has 0 aromatic rings. The van der Waals surface area contributed by atoms with E-state index in [9.17, 15) is 4.79 Å². The minimum atomic E-state index is -0.0205. The lowest BCUT2D eigenvalue weighted by Gasteiger charge is -2.27. The van der Waals surface area contributed by atoms with Crippen LogP contribution in [0, 0.1) is 0 Å². The van der Waals surface area contributed by atoms with Crippen LogP contribution in [0.25, 0.3) is 0 Å². The summed E-state index contributed by atoms with van der Waals surface area (Å²) in [5.74, 6) is 0.283. The standard InChI is InChI=1S/C14H27N3O/c1-13(14(18)17-10-5-6-11-17)15-7-12-16-8-3-2-4-9-16/h13,15H,2-12H2,1H3. The second-order valence-corrected chi connectivity index (χ2v) is 5.61. The van der Waals surface area contributed by atoms with Crippen LogP contribution < -0.4 is 5.32 Å². The summed E-state index contributed by atoms with van der Waals surface area (Å²) in [6, 6.07) is -0.0205. The Morgan fingerprint density at radius 3 is 2.33 bits per heavy atom. The molecule has 18 heavy (non-hydrogen) atoms. The lowest BCUT2D eigenvalue weighted by molar-refractivity contribution is -0.131. The number of likely N-dealkylation sites (tertiary alicyclic amines) is 2. The molecule has 2 saturated heterocycles. The lowest BCUT2D eigenvalue weighted by atomic mass is 10.1. The molecule has 0 saturated carbocycles. The maximum atomic E-state index is 12.1. The van der Waals surface area contributed by atoms with Crippen LogP contribution in [0.1, 0.15) is 39.0 Å². The number of carbonyl (C=O) groups excluding carboxylic acids is 1. The molecule has 4 heteroatoms. The van der Waals surface area contributed by atoms with Gasteiger partial charge in [0, 0.05) is 26.2 Å². The summed E-state index contributed by atoms with van der Waals surface area (Å²) < 4.78 is 0. The van der Waals surface area contributed by atoms with E-state index in [0.29, 0.717) is 0 Å². The fourth-order valence-electron chi connectivity index (χ4n) is 2.92. The number of piperidine rings is 1. The maximum absolute atomic E-state index is 12.1. The van der Waals surface area contributed by atoms with Gasteiger partial charge in [0.05, 0.1) is 6.04 Å². The Morgan fingerprint density at radius 2 is 1.67 bits per heavy atom. The molecule has 4 nitrogen and oxygen atoms in total. The predicted octanol–water partition coefficient (Wildman–Crippen LogP) is 1.07. The summed E-state index contributed by atoms with van der Waals surface area (Å²) >= 11 is 0. The monoisotopic (exact) mass is 253 g/mol. The van der Waals surface area contributed by atoms with Crippen LogP contribution in [0.3, 0.4) is 0 Å². The molecule has 2 heterocycles. The number of nitrogens with zero attached hydrogens (tertiary/aromatic N) is 2. The van der Waals surface area contributed by atoms with E-state index in [2.05, 4.69) is 10.2 Å². The summed E-state index contributed by atoms with van der Waals surface area (Å²) in [6.45, 7) is 8.38. The van der Waals surface area contributed by atoms with Crippen molar-refractivity contribution >= 4 is 5.91 Å². The molecule has 0 spiro atoms. The predicted molar refractivity (Wildman–Crippen MR) is 73.6 cm³/mol. The molecular formula is C14H27N3O. The topological polar surface area (TPSA) is 35.6 Å². The van der Waals surface area contributed by atoms with Crippen LogP contribution in [0.4, 0.5) is 0 Å². The van der Waals surface area contributed by atoms with Gasteiger partial charge in [-0.05, 0) is 45.7 Å². The van der Waals surface area contributed by atoms with Crippen LogP contribution in [-0.4, -0.2) is 61.0 Å². The van der Waals surface area contributed by atoms with Crippen LogP contribution in [0.2, 0.25) is 0 Å². The van der Waals surface area contributed by atoms with Gasteiger partial charge in [0.2, 0.25) is 5.91 Å². The first-order valence-corrected chi connectivity index (χ1v) is 7.52. The Bertz CT molecular complexity index is 258. The van der Waals surface area contributed by atoms with Crippen LogP contribution in [0.15, 0.2) is 0 Å². The van der Waals surface area contributed by atoms with E-state index in [0.717, 1.165) is 26.2 Å². The number of rotatable bonds is 5. The van der Waals surface area contributed by atoms with Crippen molar-refractivity contribution in [2.45, 2.75) is 45.1 Å². The average molecular weight is 253 g/mol. The molecule has 1 atom stereocenters. The number of hydrogen-bond acceptors (Lipinski definition) is 3. The van der Waals surface area contributed by atoms with Crippen molar-refractivity contribution in [1.29, 1.82) is 0 Å². The molecule has 2 fully saturated rings. The second kappa shape index (κ2) is 7.10. The first-order chi connectivity index (χ1) is 8.77. The SMILES string of the molecule is CC(NCCN1CCCCC1)C(=O)N1CCCC1. The van der Waals surface area contributed by atoms with Crippen LogP contribution >= 0.6 is 0 Å². The minimum absolute atomic E-state index is 0.0205. The van der Waals surface area contributed by atoms with Crippen molar-refractivity contribution < 1.29 is 4.79 Å². The van der Waals surface area contributed by atoms with Gasteiger partial charge in [0.25, 0.3) is 0 Å². The Morgan fingerprint density at radius 1 is 1.06 bits per heavy atom. The van der Waals surface area contributed by atoms with Gasteiger partial charge < -0.3 is 15.1 Å². The highest BCUT2D eigenvalue weighted by molar-refractivity contribution is 5.81. The first-order valence-electron chi connectivity index (χ1n) is 7.52. The third kappa shape index (κ3) is 3.95. The number of hydrogen-bond donors (Lipinski definition) is 1. The van der Waals surface area contributed by atoms with Gasteiger partial charge in [-0.15, -0.1) is 0 Å². The molecule has 104 valence electrons. The van der Waals surface area contributed by atoms with Crippen molar-refractivity contribution in [1.82, 2.24) is 15.1 Å². The lowest BCUT2D eigenvalue weighted by Crippen LogP contribution is -2.46.